The van der Waals surface area contributed by atoms with Gasteiger partial charge in [0.25, 0.3) is 0 Å². The van der Waals surface area contributed by atoms with E-state index in [4.69, 9.17) is 15.9 Å². The second-order valence-corrected chi connectivity index (χ2v) is 8.61. The van der Waals surface area contributed by atoms with Crippen molar-refractivity contribution in [3.63, 3.8) is 0 Å². The Kier molecular flexibility index (Phi) is 4.95. The van der Waals surface area contributed by atoms with Gasteiger partial charge in [-0.1, -0.05) is 31.5 Å². The van der Waals surface area contributed by atoms with Gasteiger partial charge in [-0.05, 0) is 31.9 Å². The van der Waals surface area contributed by atoms with Crippen LogP contribution in [-0.2, 0) is 19.5 Å². The number of nitrogens with zero attached hydrogens (tertiary/aromatic N) is 1. The predicted octanol–water partition coefficient (Wildman–Crippen LogP) is 2.69. The van der Waals surface area contributed by atoms with Crippen molar-refractivity contribution < 1.29 is 17.9 Å². The molecule has 0 N–H and O–H groups in total. The van der Waals surface area contributed by atoms with Crippen molar-refractivity contribution in [2.45, 2.75) is 69.0 Å². The lowest BCUT2D eigenvalue weighted by Crippen LogP contribution is -2.42. The second-order valence-electron chi connectivity index (χ2n) is 6.72. The van der Waals surface area contributed by atoms with E-state index in [1.54, 1.807) is 24.3 Å². The number of sulfonamides is 1. The third kappa shape index (κ3) is 3.11. The van der Waals surface area contributed by atoms with Crippen LogP contribution >= 0.6 is 0 Å². The monoisotopic (exact) mass is 363 g/mol. The van der Waals surface area contributed by atoms with E-state index in [-0.39, 0.29) is 23.6 Å². The number of fused-ring (bicyclic) bond motifs is 1. The fourth-order valence-electron chi connectivity index (χ4n) is 3.68. The van der Waals surface area contributed by atoms with Gasteiger partial charge < -0.3 is 9.47 Å². The summed E-state index contributed by atoms with van der Waals surface area (Å²) in [4.78, 5) is 0.275. The highest BCUT2D eigenvalue weighted by molar-refractivity contribution is 7.89. The maximum atomic E-state index is 13.1. The molecule has 25 heavy (non-hydrogen) atoms. The normalized spacial score (nSPS) is 28.6. The average Bonchev–Trinajstić information content (AvgIpc) is 3.12. The minimum Gasteiger partial charge on any atom is -0.343 e. The lowest BCUT2D eigenvalue weighted by molar-refractivity contribution is -0.188. The molecule has 5 nitrogen and oxygen atoms in total. The van der Waals surface area contributed by atoms with Crippen molar-refractivity contribution in [3.8, 4) is 12.3 Å². The second kappa shape index (κ2) is 6.73. The zero-order valence-electron chi connectivity index (χ0n) is 14.9. The van der Waals surface area contributed by atoms with E-state index in [0.29, 0.717) is 6.42 Å². The molecule has 1 aromatic carbocycles. The molecule has 0 radical (unpaired) electrons. The summed E-state index contributed by atoms with van der Waals surface area (Å²) in [6.45, 7) is 6.23. The molecule has 2 fully saturated rings. The smallest absolute Gasteiger partial charge is 0.243 e. The number of hydrogen-bond acceptors (Lipinski definition) is 4. The van der Waals surface area contributed by atoms with Gasteiger partial charge in [0.15, 0.2) is 5.79 Å². The van der Waals surface area contributed by atoms with Crippen LogP contribution in [0.15, 0.2) is 29.2 Å². The molecule has 0 spiro atoms. The molecule has 0 aromatic heterocycles. The number of hydrogen-bond donors (Lipinski definition) is 0. The molecule has 0 saturated carbocycles. The minimum absolute atomic E-state index is 0.273. The summed E-state index contributed by atoms with van der Waals surface area (Å²) in [6.07, 6.45) is 6.67. The van der Waals surface area contributed by atoms with Crippen molar-refractivity contribution in [2.24, 2.45) is 0 Å². The number of ether oxygens (including phenoxy) is 2. The molecule has 6 heteroatoms. The molecule has 136 valence electrons. The van der Waals surface area contributed by atoms with Crippen LogP contribution in [0.5, 0.6) is 0 Å². The maximum Gasteiger partial charge on any atom is 0.243 e. The predicted molar refractivity (Wildman–Crippen MR) is 95.4 cm³/mol. The molecule has 0 bridgehead atoms. The molecular formula is C19H25NO4S. The standard InChI is InChI=1S/C19H25NO4S/c1-5-8-16-18-17(23-19(6-2,7-3)24-18)13-20(16)25(21,22)15-11-9-14(4)10-12-15/h1,9-12,16-18H,6-8,13H2,2-4H3/t16-,17+,18-/m0/s1. The average molecular weight is 363 g/mol. The Morgan fingerprint density at radius 1 is 1.24 bits per heavy atom. The molecule has 3 rings (SSSR count). The van der Waals surface area contributed by atoms with Crippen LogP contribution < -0.4 is 0 Å². The van der Waals surface area contributed by atoms with Gasteiger partial charge in [-0.25, -0.2) is 8.42 Å². The summed E-state index contributed by atoms with van der Waals surface area (Å²) < 4.78 is 40.0. The van der Waals surface area contributed by atoms with Gasteiger partial charge in [-0.3, -0.25) is 0 Å². The van der Waals surface area contributed by atoms with Gasteiger partial charge in [0.1, 0.15) is 12.2 Å². The van der Waals surface area contributed by atoms with Crippen LogP contribution in [0.3, 0.4) is 0 Å². The molecule has 2 saturated heterocycles. The summed E-state index contributed by atoms with van der Waals surface area (Å²) in [7, 11) is -3.64. The van der Waals surface area contributed by atoms with E-state index in [1.807, 2.05) is 20.8 Å². The fourth-order valence-corrected chi connectivity index (χ4v) is 5.33. The first-order valence-electron chi connectivity index (χ1n) is 8.74. The van der Waals surface area contributed by atoms with E-state index < -0.39 is 21.9 Å². The SMILES string of the molecule is C#CC[C@H]1[C@@H]2OC(CC)(CC)O[C@@H]2CN1S(=O)(=O)c1ccc(C)cc1. The van der Waals surface area contributed by atoms with Gasteiger partial charge in [-0.2, -0.15) is 4.31 Å². The van der Waals surface area contributed by atoms with Crippen LogP contribution in [-0.4, -0.2) is 43.3 Å². The first-order valence-corrected chi connectivity index (χ1v) is 10.2. The van der Waals surface area contributed by atoms with Crippen LogP contribution in [0.1, 0.15) is 38.7 Å². The number of rotatable bonds is 5. The fraction of sp³-hybridized carbons (Fsp3) is 0.579. The number of aryl methyl sites for hydroxylation is 1. The molecule has 0 aliphatic carbocycles. The summed E-state index contributed by atoms with van der Waals surface area (Å²) in [5.74, 6) is 1.98. The van der Waals surface area contributed by atoms with Crippen molar-refractivity contribution >= 4 is 10.0 Å². The lowest BCUT2D eigenvalue weighted by atomic mass is 10.1. The molecule has 2 aliphatic heterocycles. The molecule has 0 amide bonds. The van der Waals surface area contributed by atoms with Gasteiger partial charge in [-0.15, -0.1) is 12.3 Å². The van der Waals surface area contributed by atoms with Gasteiger partial charge >= 0.3 is 0 Å². The maximum absolute atomic E-state index is 13.1. The van der Waals surface area contributed by atoms with Crippen molar-refractivity contribution in [1.82, 2.24) is 4.31 Å². The zero-order chi connectivity index (χ0) is 18.2. The Morgan fingerprint density at radius 2 is 1.88 bits per heavy atom. The topological polar surface area (TPSA) is 55.8 Å². The molecule has 2 aliphatic rings. The van der Waals surface area contributed by atoms with Gasteiger partial charge in [0, 0.05) is 13.0 Å². The van der Waals surface area contributed by atoms with E-state index in [1.165, 1.54) is 4.31 Å². The zero-order valence-corrected chi connectivity index (χ0v) is 15.8. The number of terminal acetylenes is 1. The number of benzene rings is 1. The minimum atomic E-state index is -3.64. The molecular weight excluding hydrogens is 338 g/mol. The van der Waals surface area contributed by atoms with E-state index in [9.17, 15) is 8.42 Å². The van der Waals surface area contributed by atoms with Crippen LogP contribution in [0.2, 0.25) is 0 Å². The third-order valence-corrected chi connectivity index (χ3v) is 7.13. The van der Waals surface area contributed by atoms with Crippen molar-refractivity contribution in [2.75, 3.05) is 6.54 Å². The van der Waals surface area contributed by atoms with E-state index in [2.05, 4.69) is 5.92 Å². The van der Waals surface area contributed by atoms with Crippen LogP contribution in [0, 0.1) is 19.3 Å². The third-order valence-electron chi connectivity index (χ3n) is 5.22. The molecule has 1 aromatic rings. The highest BCUT2D eigenvalue weighted by Gasteiger charge is 2.57. The summed E-state index contributed by atoms with van der Waals surface area (Å²) in [5.41, 5.74) is 1.01. The van der Waals surface area contributed by atoms with Crippen molar-refractivity contribution in [1.29, 1.82) is 0 Å². The summed E-state index contributed by atoms with van der Waals surface area (Å²) in [6, 6.07) is 6.46. The lowest BCUT2D eigenvalue weighted by Gasteiger charge is -2.31. The quantitative estimate of drug-likeness (QED) is 0.755. The summed E-state index contributed by atoms with van der Waals surface area (Å²) in [5, 5.41) is 0. The Labute approximate surface area is 150 Å². The molecule has 2 heterocycles. The van der Waals surface area contributed by atoms with Gasteiger partial charge in [0.05, 0.1) is 10.9 Å². The Hall–Kier alpha value is -1.39. The Balaban J connectivity index is 1.91. The van der Waals surface area contributed by atoms with Gasteiger partial charge in [0.2, 0.25) is 10.0 Å². The summed E-state index contributed by atoms with van der Waals surface area (Å²) >= 11 is 0. The first-order chi connectivity index (χ1) is 11.9. The largest absolute Gasteiger partial charge is 0.343 e. The Morgan fingerprint density at radius 3 is 2.44 bits per heavy atom. The van der Waals surface area contributed by atoms with Crippen molar-refractivity contribution in [3.05, 3.63) is 29.8 Å². The van der Waals surface area contributed by atoms with Crippen LogP contribution in [0.4, 0.5) is 0 Å². The first kappa shape index (κ1) is 18.4. The highest BCUT2D eigenvalue weighted by Crippen LogP contribution is 2.43. The molecule has 0 unspecified atom stereocenters. The van der Waals surface area contributed by atoms with E-state index in [0.717, 1.165) is 18.4 Å². The van der Waals surface area contributed by atoms with E-state index >= 15 is 0 Å². The Bertz CT molecular complexity index is 762. The van der Waals surface area contributed by atoms with Crippen LogP contribution in [0.25, 0.3) is 0 Å². The highest BCUT2D eigenvalue weighted by atomic mass is 32.2. The molecule has 3 atom stereocenters.